The Hall–Kier alpha value is -0.0800. The highest BCUT2D eigenvalue weighted by Gasteiger charge is 1.75. The molecule has 0 aromatic heterocycles. The van der Waals surface area contributed by atoms with Gasteiger partial charge in [0, 0.05) is 6.15 Å². The predicted octanol–water partition coefficient (Wildman–Crippen LogP) is 0.655. The van der Waals surface area contributed by atoms with E-state index in [0.29, 0.717) is 0 Å². The van der Waals surface area contributed by atoms with E-state index in [4.69, 9.17) is 5.73 Å². The van der Waals surface area contributed by atoms with Crippen molar-refractivity contribution in [1.29, 1.82) is 0 Å². The summed E-state index contributed by atoms with van der Waals surface area (Å²) in [4.78, 5) is 0. The zero-order valence-corrected chi connectivity index (χ0v) is 4.85. The minimum atomic E-state index is 0. The largest absolute Gasteiger partial charge is 0.330 e. The minimum absolute atomic E-state index is 0. The molecular formula is C5H13N2. The fourth-order valence-electron chi connectivity index (χ4n) is 0.394. The maximum atomic E-state index is 5.21. The Morgan fingerprint density at radius 3 is 2.00 bits per heavy atom. The van der Waals surface area contributed by atoms with Crippen molar-refractivity contribution in [3.05, 3.63) is 0 Å². The van der Waals surface area contributed by atoms with Gasteiger partial charge in [-0.3, -0.25) is 0 Å². The quantitative estimate of drug-likeness (QED) is 0.521. The van der Waals surface area contributed by atoms with Crippen molar-refractivity contribution in [2.45, 2.75) is 26.2 Å². The van der Waals surface area contributed by atoms with E-state index in [1.165, 1.54) is 19.3 Å². The molecule has 0 rings (SSSR count). The third-order valence-electron chi connectivity index (χ3n) is 0.808. The van der Waals surface area contributed by atoms with Crippen LogP contribution in [0.15, 0.2) is 0 Å². The van der Waals surface area contributed by atoms with Gasteiger partial charge in [0.2, 0.25) is 0 Å². The van der Waals surface area contributed by atoms with Crippen LogP contribution in [0.3, 0.4) is 0 Å². The Kier molecular flexibility index (Phi) is 13.3. The zero-order valence-electron chi connectivity index (χ0n) is 4.85. The fourth-order valence-corrected chi connectivity index (χ4v) is 0.394. The van der Waals surface area contributed by atoms with Crippen molar-refractivity contribution in [2.24, 2.45) is 5.73 Å². The second kappa shape index (κ2) is 9.33. The summed E-state index contributed by atoms with van der Waals surface area (Å²) in [7, 11) is 0. The van der Waals surface area contributed by atoms with E-state index in [0.717, 1.165) is 6.54 Å². The van der Waals surface area contributed by atoms with Gasteiger partial charge in [-0.1, -0.05) is 19.8 Å². The molecule has 0 heterocycles. The Bertz CT molecular complexity index is 18.0. The molecule has 0 spiro atoms. The van der Waals surface area contributed by atoms with Gasteiger partial charge in [-0.25, -0.2) is 0 Å². The van der Waals surface area contributed by atoms with Crippen LogP contribution in [0.5, 0.6) is 0 Å². The predicted molar refractivity (Wildman–Crippen MR) is 30.7 cm³/mol. The highest BCUT2D eigenvalue weighted by Crippen LogP contribution is 1.88. The lowest BCUT2D eigenvalue weighted by molar-refractivity contribution is 0.727. The second-order valence-electron chi connectivity index (χ2n) is 1.50. The zero-order chi connectivity index (χ0) is 4.83. The number of hydrogen-bond donors (Lipinski definition) is 1. The molecule has 0 aromatic rings. The Morgan fingerprint density at radius 1 is 1.29 bits per heavy atom. The van der Waals surface area contributed by atoms with Crippen LogP contribution in [-0.2, 0) is 0 Å². The van der Waals surface area contributed by atoms with E-state index in [1.54, 1.807) is 0 Å². The number of hydrogen-bond acceptors (Lipinski definition) is 1. The molecule has 7 heavy (non-hydrogen) atoms. The lowest BCUT2D eigenvalue weighted by atomic mass is 10.3. The smallest absolute Gasteiger partial charge is 0 e. The number of nitrogens with two attached hydrogens (primary N) is 1. The highest BCUT2D eigenvalue weighted by atomic mass is 14.5. The van der Waals surface area contributed by atoms with Crippen molar-refractivity contribution < 1.29 is 0 Å². The first-order valence-electron chi connectivity index (χ1n) is 2.62. The number of nitrogens with zero attached hydrogens (tertiary/aromatic N) is 1. The second-order valence-corrected chi connectivity index (χ2v) is 1.50. The molecule has 2 nitrogen and oxygen atoms in total. The van der Waals surface area contributed by atoms with Gasteiger partial charge in [-0.15, -0.1) is 0 Å². The molecule has 2 heteroatoms. The van der Waals surface area contributed by atoms with E-state index in [-0.39, 0.29) is 6.15 Å². The number of unbranched alkanes of at least 4 members (excludes halogenated alkanes) is 2. The summed E-state index contributed by atoms with van der Waals surface area (Å²) in [6, 6.07) is 0. The van der Waals surface area contributed by atoms with E-state index >= 15 is 0 Å². The van der Waals surface area contributed by atoms with Gasteiger partial charge in [0.05, 0.1) is 0 Å². The van der Waals surface area contributed by atoms with Gasteiger partial charge < -0.3 is 5.73 Å². The maximum absolute atomic E-state index is 5.21. The van der Waals surface area contributed by atoms with Crippen molar-refractivity contribution in [3.63, 3.8) is 0 Å². The summed E-state index contributed by atoms with van der Waals surface area (Å²) in [6.07, 6.45) is 3.75. The van der Waals surface area contributed by atoms with Crippen molar-refractivity contribution in [3.8, 4) is 0 Å². The van der Waals surface area contributed by atoms with Gasteiger partial charge >= 0.3 is 0 Å². The Morgan fingerprint density at radius 2 is 1.86 bits per heavy atom. The van der Waals surface area contributed by atoms with E-state index in [9.17, 15) is 0 Å². The van der Waals surface area contributed by atoms with Gasteiger partial charge in [-0.2, -0.15) is 0 Å². The third-order valence-corrected chi connectivity index (χ3v) is 0.808. The standard InChI is InChI=1S/C5H13N.N/c1-2-3-4-5-6;/h2-6H2,1H3;. The maximum Gasteiger partial charge on any atom is 0 e. The first-order valence-corrected chi connectivity index (χ1v) is 2.62. The molecular weight excluding hydrogens is 88.1 g/mol. The Balaban J connectivity index is 0. The van der Waals surface area contributed by atoms with E-state index < -0.39 is 0 Å². The van der Waals surface area contributed by atoms with Crippen molar-refractivity contribution in [2.75, 3.05) is 6.54 Å². The van der Waals surface area contributed by atoms with Crippen LogP contribution >= 0.6 is 0 Å². The molecule has 0 aliphatic heterocycles. The molecule has 0 saturated carbocycles. The summed E-state index contributed by atoms with van der Waals surface area (Å²) >= 11 is 0. The normalized spacial score (nSPS) is 7.71. The first kappa shape index (κ1) is 10.0. The summed E-state index contributed by atoms with van der Waals surface area (Å²) in [5, 5.41) is 0. The number of rotatable bonds is 3. The van der Waals surface area contributed by atoms with Gasteiger partial charge in [0.25, 0.3) is 0 Å². The molecule has 43 valence electrons. The summed E-state index contributed by atoms with van der Waals surface area (Å²) in [5.74, 6) is 0. The lowest BCUT2D eigenvalue weighted by Crippen LogP contribution is -1.96. The van der Waals surface area contributed by atoms with Gasteiger partial charge in [0.1, 0.15) is 0 Å². The molecule has 2 N–H and O–H groups in total. The SMILES string of the molecule is CCCCCN.[N]. The molecule has 0 atom stereocenters. The van der Waals surface area contributed by atoms with Crippen LogP contribution in [0, 0.1) is 0 Å². The van der Waals surface area contributed by atoms with Crippen LogP contribution in [0.2, 0.25) is 0 Å². The lowest BCUT2D eigenvalue weighted by Gasteiger charge is -1.86. The van der Waals surface area contributed by atoms with Crippen LogP contribution in [0.1, 0.15) is 26.2 Å². The Labute approximate surface area is 45.7 Å². The minimum Gasteiger partial charge on any atom is -0.330 e. The molecule has 0 aliphatic carbocycles. The molecule has 0 fully saturated rings. The summed E-state index contributed by atoms with van der Waals surface area (Å²) < 4.78 is 0. The summed E-state index contributed by atoms with van der Waals surface area (Å²) in [5.41, 5.74) is 5.21. The molecule has 0 saturated heterocycles. The monoisotopic (exact) mass is 101 g/mol. The van der Waals surface area contributed by atoms with E-state index in [1.807, 2.05) is 0 Å². The first-order chi connectivity index (χ1) is 2.91. The van der Waals surface area contributed by atoms with Crippen LogP contribution in [0.25, 0.3) is 0 Å². The average Bonchev–Trinajstić information content (AvgIpc) is 1.61. The van der Waals surface area contributed by atoms with Gasteiger partial charge in [-0.05, 0) is 13.0 Å². The molecule has 0 aliphatic rings. The topological polar surface area (TPSA) is 56.5 Å². The molecule has 0 bridgehead atoms. The van der Waals surface area contributed by atoms with Crippen LogP contribution in [-0.4, -0.2) is 6.54 Å². The summed E-state index contributed by atoms with van der Waals surface area (Å²) in [6.45, 7) is 3.03. The molecule has 3 radical (unpaired) electrons. The van der Waals surface area contributed by atoms with E-state index in [2.05, 4.69) is 6.92 Å². The third kappa shape index (κ3) is 10.7. The average molecular weight is 101 g/mol. The fraction of sp³-hybridized carbons (Fsp3) is 1.00. The van der Waals surface area contributed by atoms with Crippen molar-refractivity contribution in [1.82, 2.24) is 6.15 Å². The molecule has 0 unspecified atom stereocenters. The molecule has 0 amide bonds. The highest BCUT2D eigenvalue weighted by molar-refractivity contribution is 4.34. The van der Waals surface area contributed by atoms with Crippen molar-refractivity contribution >= 4 is 0 Å². The van der Waals surface area contributed by atoms with Crippen LogP contribution in [0.4, 0.5) is 0 Å². The van der Waals surface area contributed by atoms with Crippen LogP contribution < -0.4 is 11.9 Å². The van der Waals surface area contributed by atoms with Gasteiger partial charge in [0.15, 0.2) is 0 Å². The molecule has 0 aromatic carbocycles.